The maximum Gasteiger partial charge on any atom is 0.307 e. The van der Waals surface area contributed by atoms with Gasteiger partial charge in [-0.3, -0.25) is 9.59 Å². The molecule has 2 N–H and O–H groups in total. The van der Waals surface area contributed by atoms with Gasteiger partial charge in [-0.1, -0.05) is 25.6 Å². The van der Waals surface area contributed by atoms with Crippen LogP contribution in [0.5, 0.6) is 0 Å². The van der Waals surface area contributed by atoms with E-state index in [9.17, 15) is 9.59 Å². The lowest BCUT2D eigenvalue weighted by molar-refractivity contribution is -0.145. The summed E-state index contributed by atoms with van der Waals surface area (Å²) in [4.78, 5) is 27.4. The van der Waals surface area contributed by atoms with Crippen molar-refractivity contribution < 1.29 is 14.7 Å². The first kappa shape index (κ1) is 15.8. The molecule has 1 aromatic heterocycles. The molecule has 0 aliphatic heterocycles. The number of anilines is 1. The van der Waals surface area contributed by atoms with Crippen LogP contribution in [-0.2, 0) is 9.59 Å². The van der Waals surface area contributed by atoms with E-state index in [1.165, 1.54) is 6.92 Å². The van der Waals surface area contributed by atoms with E-state index < -0.39 is 17.8 Å². The fourth-order valence-electron chi connectivity index (χ4n) is 1.77. The molecular weight excluding hydrogens is 308 g/mol. The van der Waals surface area contributed by atoms with Crippen LogP contribution in [0.1, 0.15) is 13.8 Å². The SMILES string of the molecule is CSc1nc2ccc(NC(=O)C(C)C(C)C(=O)O)cc2s1. The second-order valence-corrected chi connectivity index (χ2v) is 6.86. The minimum absolute atomic E-state index is 0.293. The monoisotopic (exact) mass is 324 g/mol. The van der Waals surface area contributed by atoms with Crippen molar-refractivity contribution in [1.82, 2.24) is 4.98 Å². The zero-order chi connectivity index (χ0) is 15.6. The predicted molar refractivity (Wildman–Crippen MR) is 86.0 cm³/mol. The Kier molecular flexibility index (Phi) is 4.84. The maximum absolute atomic E-state index is 12.1. The van der Waals surface area contributed by atoms with Crippen LogP contribution in [0.3, 0.4) is 0 Å². The highest BCUT2D eigenvalue weighted by molar-refractivity contribution is 8.00. The molecular formula is C14H16N2O3S2. The minimum atomic E-state index is -0.972. The molecule has 2 atom stereocenters. The smallest absolute Gasteiger partial charge is 0.307 e. The lowest BCUT2D eigenvalue weighted by Gasteiger charge is -2.15. The number of thiazole rings is 1. The molecule has 0 spiro atoms. The Hall–Kier alpha value is -1.60. The van der Waals surface area contributed by atoms with Gasteiger partial charge in [-0.15, -0.1) is 11.3 Å². The minimum Gasteiger partial charge on any atom is -0.481 e. The zero-order valence-corrected chi connectivity index (χ0v) is 13.5. The Morgan fingerprint density at radius 1 is 1.33 bits per heavy atom. The van der Waals surface area contributed by atoms with E-state index in [0.717, 1.165) is 14.6 Å². The average molecular weight is 324 g/mol. The van der Waals surface area contributed by atoms with Crippen molar-refractivity contribution in [3.05, 3.63) is 18.2 Å². The number of nitrogens with zero attached hydrogens (tertiary/aromatic N) is 1. The van der Waals surface area contributed by atoms with E-state index in [4.69, 9.17) is 5.11 Å². The summed E-state index contributed by atoms with van der Waals surface area (Å²) < 4.78 is 1.97. The van der Waals surface area contributed by atoms with Crippen LogP contribution in [0.2, 0.25) is 0 Å². The second kappa shape index (κ2) is 6.44. The molecule has 0 aliphatic rings. The van der Waals surface area contributed by atoms with Crippen LogP contribution in [0.4, 0.5) is 5.69 Å². The zero-order valence-electron chi connectivity index (χ0n) is 11.9. The van der Waals surface area contributed by atoms with E-state index in [2.05, 4.69) is 10.3 Å². The average Bonchev–Trinajstić information content (AvgIpc) is 2.87. The number of amides is 1. The van der Waals surface area contributed by atoms with Crippen molar-refractivity contribution in [2.24, 2.45) is 11.8 Å². The third-order valence-corrected chi connectivity index (χ3v) is 5.37. The molecule has 7 heteroatoms. The number of fused-ring (bicyclic) bond motifs is 1. The molecule has 0 saturated carbocycles. The largest absolute Gasteiger partial charge is 0.481 e. The van der Waals surface area contributed by atoms with Gasteiger partial charge in [0.25, 0.3) is 0 Å². The van der Waals surface area contributed by atoms with Crippen molar-refractivity contribution in [2.75, 3.05) is 11.6 Å². The molecule has 1 heterocycles. The Bertz CT molecular complexity index is 684. The van der Waals surface area contributed by atoms with Gasteiger partial charge in [-0.05, 0) is 24.5 Å². The number of benzene rings is 1. The van der Waals surface area contributed by atoms with Crippen LogP contribution in [0.15, 0.2) is 22.5 Å². The summed E-state index contributed by atoms with van der Waals surface area (Å²) in [5, 5.41) is 11.7. The van der Waals surface area contributed by atoms with Gasteiger partial charge < -0.3 is 10.4 Å². The number of carbonyl (C=O) groups is 2. The number of nitrogens with one attached hydrogen (secondary N) is 1. The van der Waals surface area contributed by atoms with E-state index in [-0.39, 0.29) is 5.91 Å². The molecule has 5 nitrogen and oxygen atoms in total. The molecule has 0 fully saturated rings. The number of thioether (sulfide) groups is 1. The Labute approximate surface area is 130 Å². The summed E-state index contributed by atoms with van der Waals surface area (Å²) in [6.45, 7) is 3.15. The van der Waals surface area contributed by atoms with E-state index in [0.29, 0.717) is 5.69 Å². The summed E-state index contributed by atoms with van der Waals surface area (Å²) >= 11 is 3.15. The van der Waals surface area contributed by atoms with Crippen LogP contribution in [0, 0.1) is 11.8 Å². The molecule has 1 aromatic carbocycles. The highest BCUT2D eigenvalue weighted by atomic mass is 32.2. The van der Waals surface area contributed by atoms with Crippen molar-refractivity contribution in [2.45, 2.75) is 18.2 Å². The molecule has 2 rings (SSSR count). The first-order valence-corrected chi connectivity index (χ1v) is 8.44. The van der Waals surface area contributed by atoms with Crippen LogP contribution in [-0.4, -0.2) is 28.2 Å². The molecule has 0 radical (unpaired) electrons. The number of hydrogen-bond acceptors (Lipinski definition) is 5. The number of hydrogen-bond donors (Lipinski definition) is 2. The summed E-state index contributed by atoms with van der Waals surface area (Å²) in [6.07, 6.45) is 1.97. The normalized spacial score (nSPS) is 13.9. The number of carbonyl (C=O) groups excluding carboxylic acids is 1. The van der Waals surface area contributed by atoms with Gasteiger partial charge in [0.1, 0.15) is 0 Å². The summed E-state index contributed by atoms with van der Waals surface area (Å²) in [5.41, 5.74) is 1.56. The standard InChI is InChI=1S/C14H16N2O3S2/c1-7(8(2)13(18)19)12(17)15-9-4-5-10-11(6-9)21-14(16-10)20-3/h4-8H,1-3H3,(H,15,17)(H,18,19). The number of rotatable bonds is 5. The number of carboxylic acids is 1. The van der Waals surface area contributed by atoms with Gasteiger partial charge in [0.05, 0.1) is 16.1 Å². The molecule has 2 aromatic rings. The molecule has 0 aliphatic carbocycles. The van der Waals surface area contributed by atoms with Gasteiger partial charge in [0, 0.05) is 11.6 Å². The number of carboxylic acid groups (broad SMARTS) is 1. The fraction of sp³-hybridized carbons (Fsp3) is 0.357. The van der Waals surface area contributed by atoms with Crippen LogP contribution < -0.4 is 5.32 Å². The molecule has 112 valence electrons. The van der Waals surface area contributed by atoms with Crippen LogP contribution in [0.25, 0.3) is 10.2 Å². The quantitative estimate of drug-likeness (QED) is 0.825. The Balaban J connectivity index is 2.15. The highest BCUT2D eigenvalue weighted by Crippen LogP contribution is 2.30. The van der Waals surface area contributed by atoms with E-state index in [1.807, 2.05) is 18.4 Å². The van der Waals surface area contributed by atoms with Crippen molar-refractivity contribution in [3.63, 3.8) is 0 Å². The lowest BCUT2D eigenvalue weighted by atomic mass is 9.95. The molecule has 0 saturated heterocycles. The summed E-state index contributed by atoms with van der Waals surface area (Å²) in [6, 6.07) is 5.50. The van der Waals surface area contributed by atoms with Crippen molar-refractivity contribution >= 4 is 50.9 Å². The van der Waals surface area contributed by atoms with Gasteiger partial charge in [0.2, 0.25) is 5.91 Å². The van der Waals surface area contributed by atoms with Crippen LogP contribution >= 0.6 is 23.1 Å². The van der Waals surface area contributed by atoms with Crippen molar-refractivity contribution in [3.8, 4) is 0 Å². The second-order valence-electron chi connectivity index (χ2n) is 4.77. The van der Waals surface area contributed by atoms with E-state index in [1.54, 1.807) is 36.1 Å². The number of aliphatic carboxylic acids is 1. The van der Waals surface area contributed by atoms with E-state index >= 15 is 0 Å². The third-order valence-electron chi connectivity index (χ3n) is 3.36. The first-order valence-electron chi connectivity index (χ1n) is 6.40. The molecule has 1 amide bonds. The van der Waals surface area contributed by atoms with Gasteiger partial charge in [-0.2, -0.15) is 0 Å². The first-order chi connectivity index (χ1) is 9.92. The maximum atomic E-state index is 12.1. The summed E-state index contributed by atoms with van der Waals surface area (Å²) in [5.74, 6) is -2.58. The third kappa shape index (κ3) is 3.54. The topological polar surface area (TPSA) is 79.3 Å². The van der Waals surface area contributed by atoms with Crippen molar-refractivity contribution in [1.29, 1.82) is 0 Å². The highest BCUT2D eigenvalue weighted by Gasteiger charge is 2.25. The molecule has 21 heavy (non-hydrogen) atoms. The predicted octanol–water partition coefficient (Wildman–Crippen LogP) is 3.31. The van der Waals surface area contributed by atoms with Gasteiger partial charge >= 0.3 is 5.97 Å². The van der Waals surface area contributed by atoms with Gasteiger partial charge in [-0.25, -0.2) is 4.98 Å². The lowest BCUT2D eigenvalue weighted by Crippen LogP contribution is -2.29. The van der Waals surface area contributed by atoms with Gasteiger partial charge in [0.15, 0.2) is 4.34 Å². The molecule has 0 bridgehead atoms. The molecule has 2 unspecified atom stereocenters. The Morgan fingerprint density at radius 3 is 2.67 bits per heavy atom. The fourth-order valence-corrected chi connectivity index (χ4v) is 3.29. The number of aromatic nitrogens is 1. The Morgan fingerprint density at radius 2 is 2.05 bits per heavy atom. The summed E-state index contributed by atoms with van der Waals surface area (Å²) in [7, 11) is 0.